The number of ether oxygens (including phenoxy) is 1. The average Bonchev–Trinajstić information content (AvgIpc) is 2.36. The molecule has 2 rings (SSSR count). The first kappa shape index (κ1) is 14.7. The number of nitrogens with zero attached hydrogens (tertiary/aromatic N) is 2. The quantitative estimate of drug-likeness (QED) is 0.853. The van der Waals surface area contributed by atoms with E-state index in [1.54, 1.807) is 6.07 Å². The largest absolute Gasteiger partial charge is 0.493 e. The third-order valence-electron chi connectivity index (χ3n) is 2.47. The Morgan fingerprint density at radius 3 is 2.50 bits per heavy atom. The summed E-state index contributed by atoms with van der Waals surface area (Å²) in [5, 5.41) is 0.665. The van der Waals surface area contributed by atoms with E-state index in [1.807, 2.05) is 31.2 Å². The Labute approximate surface area is 123 Å². The number of aromatic nitrogens is 2. The Kier molecular flexibility index (Phi) is 4.84. The topological polar surface area (TPSA) is 61.0 Å². The van der Waals surface area contributed by atoms with Gasteiger partial charge in [0, 0.05) is 16.7 Å². The standard InChI is InChI=1S/C15H19N3OS/c1-10(2)9-19-12-4-6-13(7-5-12)20-15-17-11(3)8-14(16)18-15/h4-8,10H,9H2,1-3H3,(H2,16,17,18). The molecule has 0 bridgehead atoms. The highest BCUT2D eigenvalue weighted by Gasteiger charge is 2.04. The maximum absolute atomic E-state index is 5.72. The van der Waals surface area contributed by atoms with Crippen LogP contribution in [0.1, 0.15) is 19.5 Å². The van der Waals surface area contributed by atoms with E-state index < -0.39 is 0 Å². The number of nitrogens with two attached hydrogens (primary N) is 1. The zero-order valence-electron chi connectivity index (χ0n) is 12.0. The monoisotopic (exact) mass is 289 g/mol. The zero-order chi connectivity index (χ0) is 14.5. The fourth-order valence-electron chi connectivity index (χ4n) is 1.58. The third-order valence-corrected chi connectivity index (χ3v) is 3.34. The Morgan fingerprint density at radius 2 is 1.90 bits per heavy atom. The van der Waals surface area contributed by atoms with Crippen LogP contribution < -0.4 is 10.5 Å². The SMILES string of the molecule is Cc1cc(N)nc(Sc2ccc(OCC(C)C)cc2)n1. The van der Waals surface area contributed by atoms with Gasteiger partial charge in [-0.2, -0.15) is 0 Å². The predicted molar refractivity (Wildman–Crippen MR) is 82.1 cm³/mol. The van der Waals surface area contributed by atoms with Gasteiger partial charge in [-0.25, -0.2) is 9.97 Å². The van der Waals surface area contributed by atoms with E-state index in [2.05, 4.69) is 23.8 Å². The van der Waals surface area contributed by atoms with Crippen molar-refractivity contribution in [3.8, 4) is 5.75 Å². The van der Waals surface area contributed by atoms with Crippen molar-refractivity contribution in [2.24, 2.45) is 5.92 Å². The molecule has 106 valence electrons. The second kappa shape index (κ2) is 6.61. The normalized spacial score (nSPS) is 10.8. The molecule has 20 heavy (non-hydrogen) atoms. The van der Waals surface area contributed by atoms with Crippen molar-refractivity contribution in [2.45, 2.75) is 30.8 Å². The number of hydrogen-bond donors (Lipinski definition) is 1. The summed E-state index contributed by atoms with van der Waals surface area (Å²) in [5.74, 6) is 1.90. The summed E-state index contributed by atoms with van der Waals surface area (Å²) in [6.07, 6.45) is 0. The molecule has 5 heteroatoms. The predicted octanol–water partition coefficient (Wildman–Crippen LogP) is 3.55. The summed E-state index contributed by atoms with van der Waals surface area (Å²) in [4.78, 5) is 9.62. The molecule has 0 amide bonds. The van der Waals surface area contributed by atoms with Gasteiger partial charge < -0.3 is 10.5 Å². The molecule has 2 N–H and O–H groups in total. The number of anilines is 1. The number of aryl methyl sites for hydroxylation is 1. The number of hydrogen-bond acceptors (Lipinski definition) is 5. The van der Waals surface area contributed by atoms with Crippen LogP contribution in [0.5, 0.6) is 5.75 Å². The zero-order valence-corrected chi connectivity index (χ0v) is 12.8. The Bertz CT molecular complexity index is 550. The third kappa shape index (κ3) is 4.42. The lowest BCUT2D eigenvalue weighted by atomic mass is 10.2. The van der Waals surface area contributed by atoms with Gasteiger partial charge in [-0.05, 0) is 48.9 Å². The molecule has 0 atom stereocenters. The highest BCUT2D eigenvalue weighted by Crippen LogP contribution is 2.27. The van der Waals surface area contributed by atoms with E-state index in [9.17, 15) is 0 Å². The first-order chi connectivity index (χ1) is 9.52. The van der Waals surface area contributed by atoms with E-state index in [1.165, 1.54) is 11.8 Å². The molecule has 0 aliphatic carbocycles. The average molecular weight is 289 g/mol. The molecule has 1 aromatic carbocycles. The highest BCUT2D eigenvalue weighted by atomic mass is 32.2. The van der Waals surface area contributed by atoms with Gasteiger partial charge in [0.15, 0.2) is 5.16 Å². The van der Waals surface area contributed by atoms with Gasteiger partial charge in [-0.1, -0.05) is 13.8 Å². The fraction of sp³-hybridized carbons (Fsp3) is 0.333. The lowest BCUT2D eigenvalue weighted by Gasteiger charge is -2.09. The molecule has 2 aromatic rings. The Morgan fingerprint density at radius 1 is 1.20 bits per heavy atom. The van der Waals surface area contributed by atoms with Crippen LogP contribution in [0.15, 0.2) is 40.4 Å². The molecule has 0 aliphatic rings. The van der Waals surface area contributed by atoms with Gasteiger partial charge in [0.2, 0.25) is 0 Å². The van der Waals surface area contributed by atoms with E-state index in [0.717, 1.165) is 22.9 Å². The molecule has 0 unspecified atom stereocenters. The molecule has 1 aromatic heterocycles. The van der Waals surface area contributed by atoms with Crippen molar-refractivity contribution >= 4 is 17.6 Å². The van der Waals surface area contributed by atoms with Gasteiger partial charge in [-0.3, -0.25) is 0 Å². The Hall–Kier alpha value is -1.75. The fourth-order valence-corrected chi connectivity index (χ4v) is 2.41. The van der Waals surface area contributed by atoms with E-state index in [4.69, 9.17) is 10.5 Å². The number of rotatable bonds is 5. The van der Waals surface area contributed by atoms with Crippen molar-refractivity contribution in [3.63, 3.8) is 0 Å². The van der Waals surface area contributed by atoms with Crippen LogP contribution in [0.4, 0.5) is 5.82 Å². The minimum absolute atomic E-state index is 0.497. The van der Waals surface area contributed by atoms with Gasteiger partial charge in [0.25, 0.3) is 0 Å². The maximum atomic E-state index is 5.72. The smallest absolute Gasteiger partial charge is 0.194 e. The molecule has 0 aliphatic heterocycles. The summed E-state index contributed by atoms with van der Waals surface area (Å²) in [5.41, 5.74) is 6.59. The number of benzene rings is 1. The van der Waals surface area contributed by atoms with Crippen LogP contribution in [0, 0.1) is 12.8 Å². The second-order valence-corrected chi connectivity index (χ2v) is 6.04. The van der Waals surface area contributed by atoms with E-state index in [-0.39, 0.29) is 0 Å². The molecule has 0 saturated heterocycles. The summed E-state index contributed by atoms with van der Waals surface area (Å²) < 4.78 is 5.65. The van der Waals surface area contributed by atoms with Gasteiger partial charge in [0.05, 0.1) is 6.61 Å². The lowest BCUT2D eigenvalue weighted by Crippen LogP contribution is -2.04. The van der Waals surface area contributed by atoms with Crippen molar-refractivity contribution in [3.05, 3.63) is 36.0 Å². The summed E-state index contributed by atoms with van der Waals surface area (Å²) in [6.45, 7) is 6.89. The first-order valence-corrected chi connectivity index (χ1v) is 7.36. The van der Waals surface area contributed by atoms with Crippen molar-refractivity contribution in [1.29, 1.82) is 0 Å². The van der Waals surface area contributed by atoms with Crippen molar-refractivity contribution < 1.29 is 4.74 Å². The molecular formula is C15H19N3OS. The Balaban J connectivity index is 2.03. The molecule has 0 fully saturated rings. The summed E-state index contributed by atoms with van der Waals surface area (Å²) in [6, 6.07) is 9.69. The van der Waals surface area contributed by atoms with Crippen molar-refractivity contribution in [1.82, 2.24) is 9.97 Å². The first-order valence-electron chi connectivity index (χ1n) is 6.55. The van der Waals surface area contributed by atoms with Crippen LogP contribution in [-0.2, 0) is 0 Å². The van der Waals surface area contributed by atoms with Crippen LogP contribution >= 0.6 is 11.8 Å². The molecule has 0 radical (unpaired) electrons. The molecule has 0 saturated carbocycles. The van der Waals surface area contributed by atoms with Gasteiger partial charge >= 0.3 is 0 Å². The molecular weight excluding hydrogens is 270 g/mol. The van der Waals surface area contributed by atoms with Crippen molar-refractivity contribution in [2.75, 3.05) is 12.3 Å². The molecule has 4 nitrogen and oxygen atoms in total. The summed E-state index contributed by atoms with van der Waals surface area (Å²) in [7, 11) is 0. The minimum atomic E-state index is 0.497. The van der Waals surface area contributed by atoms with E-state index in [0.29, 0.717) is 16.9 Å². The van der Waals surface area contributed by atoms with Gasteiger partial charge in [0.1, 0.15) is 11.6 Å². The lowest BCUT2D eigenvalue weighted by molar-refractivity contribution is 0.271. The summed E-state index contributed by atoms with van der Waals surface area (Å²) >= 11 is 1.49. The van der Waals surface area contributed by atoms with Crippen LogP contribution in [-0.4, -0.2) is 16.6 Å². The second-order valence-electron chi connectivity index (χ2n) is 5.00. The van der Waals surface area contributed by atoms with Gasteiger partial charge in [-0.15, -0.1) is 0 Å². The molecule has 1 heterocycles. The van der Waals surface area contributed by atoms with Crippen LogP contribution in [0.25, 0.3) is 0 Å². The minimum Gasteiger partial charge on any atom is -0.493 e. The highest BCUT2D eigenvalue weighted by molar-refractivity contribution is 7.99. The maximum Gasteiger partial charge on any atom is 0.194 e. The van der Waals surface area contributed by atoms with Crippen LogP contribution in [0.2, 0.25) is 0 Å². The number of nitrogen functional groups attached to an aromatic ring is 1. The molecule has 0 spiro atoms. The van der Waals surface area contributed by atoms with Crippen LogP contribution in [0.3, 0.4) is 0 Å². The van der Waals surface area contributed by atoms with E-state index >= 15 is 0 Å².